The Morgan fingerprint density at radius 1 is 0.889 bits per heavy atom. The molecule has 0 amide bonds. The number of halogens is 2. The second kappa shape index (κ2) is 6.42. The Balaban J connectivity index is 0.00000338. The Morgan fingerprint density at radius 3 is 1.63 bits per heavy atom. The maximum absolute atomic E-state index is 8.56. The predicted octanol–water partition coefficient (Wildman–Crippen LogP) is 7.10. The van der Waals surface area contributed by atoms with Crippen LogP contribution >= 0.6 is 24.8 Å². The average molecular weight is 511 g/mol. The Labute approximate surface area is 175 Å². The number of benzene rings is 1. The fourth-order valence-electron chi connectivity index (χ4n) is 7.75. The summed E-state index contributed by atoms with van der Waals surface area (Å²) in [5.74, 6) is -1.46. The molecular weight excluding hydrogens is 468 g/mol. The van der Waals surface area contributed by atoms with Gasteiger partial charge in [-0.05, 0) is 0 Å². The van der Waals surface area contributed by atoms with Gasteiger partial charge in [0.1, 0.15) is 0 Å². The van der Waals surface area contributed by atoms with E-state index in [1.165, 1.54) is 3.27 Å². The van der Waals surface area contributed by atoms with Crippen LogP contribution in [-0.2, 0) is 15.3 Å². The van der Waals surface area contributed by atoms with Crippen LogP contribution in [0, 0.1) is 0 Å². The van der Waals surface area contributed by atoms with Crippen molar-refractivity contribution >= 4 is 34.0 Å². The molecule has 2 rings (SSSR count). The first-order valence-electron chi connectivity index (χ1n) is 9.86. The molecule has 2 N–H and O–H groups in total. The molecule has 0 saturated heterocycles. The zero-order valence-corrected chi connectivity index (χ0v) is 24.0. The van der Waals surface area contributed by atoms with Crippen molar-refractivity contribution in [3.63, 3.8) is 0 Å². The maximum Gasteiger partial charge on any atom is -0.147 e. The average Bonchev–Trinajstić information content (AvgIpc) is 3.02. The van der Waals surface area contributed by atoms with E-state index in [1.54, 1.807) is 3.28 Å². The molecule has 0 radical (unpaired) electrons. The molecule has 0 saturated carbocycles. The Hall–Kier alpha value is 0.340. The van der Waals surface area contributed by atoms with Gasteiger partial charge in [0.05, 0.1) is 0 Å². The first-order chi connectivity index (χ1) is 11.1. The SMILES string of the molecule is C[SiH](C)[Zr]([CH3])([NH2])([C]1=CC=CC1)([c]1ccccc1)([C](C)(C)C)[C](C)(C)C.Cl.Cl. The third kappa shape index (κ3) is 2.05. The molecule has 5 heteroatoms. The molecule has 1 aromatic carbocycles. The van der Waals surface area contributed by atoms with Gasteiger partial charge in [-0.15, -0.1) is 24.8 Å². The largest absolute Gasteiger partial charge is 0.147 e. The quantitative estimate of drug-likeness (QED) is 0.431. The Bertz CT molecular complexity index is 776. The van der Waals surface area contributed by atoms with Crippen molar-refractivity contribution in [3.05, 3.63) is 51.8 Å². The molecule has 1 aliphatic rings. The minimum absolute atomic E-state index is 0. The summed E-state index contributed by atoms with van der Waals surface area (Å²) >= 11 is -5.32. The summed E-state index contributed by atoms with van der Waals surface area (Å²) in [4.78, 5) is 0. The van der Waals surface area contributed by atoms with Gasteiger partial charge < -0.3 is 0 Å². The van der Waals surface area contributed by atoms with Crippen LogP contribution in [0.1, 0.15) is 48.0 Å². The fourth-order valence-corrected chi connectivity index (χ4v) is 73.7. The second-order valence-corrected chi connectivity index (χ2v) is 63.3. The fraction of sp³-hybridized carbons (Fsp3) is 0.545. The summed E-state index contributed by atoms with van der Waals surface area (Å²) in [6.07, 6.45) is 7.96. The first-order valence-corrected chi connectivity index (χ1v) is 25.8. The zero-order valence-electron chi connectivity index (χ0n) is 18.8. The van der Waals surface area contributed by atoms with E-state index in [1.807, 2.05) is 0 Å². The Kier molecular flexibility index (Phi) is 6.50. The third-order valence-corrected chi connectivity index (χ3v) is 100.0. The molecule has 0 fully saturated rings. The second-order valence-electron chi connectivity index (χ2n) is 12.0. The van der Waals surface area contributed by atoms with Crippen molar-refractivity contribution in [2.75, 3.05) is 0 Å². The molecule has 0 aromatic heterocycles. The van der Waals surface area contributed by atoms with Crippen LogP contribution in [0.4, 0.5) is 0 Å². The predicted molar refractivity (Wildman–Crippen MR) is 131 cm³/mol. The van der Waals surface area contributed by atoms with Crippen LogP contribution in [0.15, 0.2) is 51.8 Å². The number of hydrogen-bond donors (Lipinski definition) is 1. The molecule has 0 atom stereocenters. The van der Waals surface area contributed by atoms with Crippen molar-refractivity contribution in [2.24, 2.45) is 3.68 Å². The summed E-state index contributed by atoms with van der Waals surface area (Å²) < 4.78 is 14.2. The van der Waals surface area contributed by atoms with Gasteiger partial charge in [-0.1, -0.05) is 0 Å². The van der Waals surface area contributed by atoms with Gasteiger partial charge in [0.15, 0.2) is 0 Å². The molecule has 0 bridgehead atoms. The van der Waals surface area contributed by atoms with Crippen LogP contribution in [-0.4, -0.2) is 5.92 Å². The van der Waals surface area contributed by atoms with E-state index in [2.05, 4.69) is 108 Å². The minimum atomic E-state index is -5.32. The van der Waals surface area contributed by atoms with Crippen molar-refractivity contribution in [3.8, 4) is 0 Å². The standard InChI is InChI=1S/C6H5.C5H5.2C4H9.C2H7Si.CH3.2ClH.H2N.Zr/c1-2-4-6-5-3-1;1-2-4-5-3-1;2*1-4(2)3;1-3-2;;;;;/h1-5H;1-3H,4H2;2*1-3H3;3H,1-2H3;1H3;2*1H;1H2;/q;;;;;;;;-1;+1. The summed E-state index contributed by atoms with van der Waals surface area (Å²) in [7, 11) is 0. The topological polar surface area (TPSA) is 26.0 Å². The zero-order chi connectivity index (χ0) is 19.5. The summed E-state index contributed by atoms with van der Waals surface area (Å²) in [5.41, 5.74) is 0. The number of allylic oxidation sites excluding steroid dienone is 4. The molecule has 0 aliphatic heterocycles. The molecule has 0 unspecified atom stereocenters. The number of nitrogens with two attached hydrogens (primary N) is 1. The van der Waals surface area contributed by atoms with E-state index >= 15 is 0 Å². The maximum atomic E-state index is 8.56. The molecule has 27 heavy (non-hydrogen) atoms. The van der Waals surface area contributed by atoms with E-state index < -0.39 is 21.2 Å². The molecule has 0 spiro atoms. The van der Waals surface area contributed by atoms with Crippen molar-refractivity contribution in [2.45, 2.75) is 71.9 Å². The van der Waals surface area contributed by atoms with Crippen molar-refractivity contribution in [1.29, 1.82) is 0 Å². The summed E-state index contributed by atoms with van der Waals surface area (Å²) in [6.45, 7) is 19.7. The van der Waals surface area contributed by atoms with Crippen LogP contribution in [0.3, 0.4) is 0 Å². The van der Waals surface area contributed by atoms with Gasteiger partial charge in [0, 0.05) is 0 Å². The molecule has 1 aliphatic carbocycles. The van der Waals surface area contributed by atoms with Crippen LogP contribution in [0.5, 0.6) is 0 Å². The van der Waals surface area contributed by atoms with Crippen LogP contribution in [0.2, 0.25) is 24.0 Å². The first kappa shape index (κ1) is 27.3. The van der Waals surface area contributed by atoms with E-state index in [9.17, 15) is 0 Å². The van der Waals surface area contributed by atoms with E-state index in [0.717, 1.165) is 6.42 Å². The molecule has 0 heterocycles. The van der Waals surface area contributed by atoms with Gasteiger partial charge in [0.25, 0.3) is 0 Å². The minimum Gasteiger partial charge on any atom is -0.147 e. The van der Waals surface area contributed by atoms with Crippen molar-refractivity contribution in [1.82, 2.24) is 0 Å². The van der Waals surface area contributed by atoms with E-state index in [0.29, 0.717) is 0 Å². The summed E-state index contributed by atoms with van der Waals surface area (Å²) in [6, 6.07) is 11.3. The Morgan fingerprint density at radius 2 is 1.33 bits per heavy atom. The monoisotopic (exact) mass is 508 g/mol. The summed E-state index contributed by atoms with van der Waals surface area (Å²) in [5, 5.41) is 0. The van der Waals surface area contributed by atoms with Gasteiger partial charge >= 0.3 is 152 Å². The van der Waals surface area contributed by atoms with Gasteiger partial charge in [0.2, 0.25) is 0 Å². The third-order valence-electron chi connectivity index (χ3n) is 11.3. The van der Waals surface area contributed by atoms with Gasteiger partial charge in [-0.2, -0.15) is 0 Å². The van der Waals surface area contributed by atoms with E-state index in [4.69, 9.17) is 3.68 Å². The van der Waals surface area contributed by atoms with Crippen LogP contribution < -0.4 is 6.95 Å². The number of rotatable bonds is 3. The van der Waals surface area contributed by atoms with Gasteiger partial charge in [-0.3, -0.25) is 0 Å². The molecule has 157 valence electrons. The smallest absolute Gasteiger partial charge is 0.147 e. The van der Waals surface area contributed by atoms with Gasteiger partial charge in [-0.25, -0.2) is 0 Å². The van der Waals surface area contributed by atoms with E-state index in [-0.39, 0.29) is 31.1 Å². The molecule has 1 nitrogen and oxygen atoms in total. The molecule has 1 aromatic rings. The van der Waals surface area contributed by atoms with Crippen molar-refractivity contribution < 1.29 is 15.3 Å². The number of hydrogen-bond acceptors (Lipinski definition) is 1. The molecular formula is C22H42Cl2NSiZr. The normalized spacial score (nSPS) is 19.1. The van der Waals surface area contributed by atoms with Crippen LogP contribution in [0.25, 0.3) is 0 Å².